The summed E-state index contributed by atoms with van der Waals surface area (Å²) >= 11 is 1.39. The first-order valence-corrected chi connectivity index (χ1v) is 5.50. The minimum atomic E-state index is 0.0186. The van der Waals surface area contributed by atoms with Crippen LogP contribution in [0.15, 0.2) is 0 Å². The zero-order chi connectivity index (χ0) is 10.8. The maximum atomic E-state index is 5.63. The Morgan fingerprint density at radius 3 is 2.57 bits per heavy atom. The van der Waals surface area contributed by atoms with Crippen molar-refractivity contribution in [2.75, 3.05) is 11.9 Å². The number of nitrogens with zero attached hydrogens (tertiary/aromatic N) is 2. The minimum Gasteiger partial charge on any atom is -0.359 e. The molecule has 0 aliphatic rings. The SMILES string of the molecule is CC(N)CNc1nc(C(C)(C)C)ns1. The number of hydrogen-bond donors (Lipinski definition) is 2. The van der Waals surface area contributed by atoms with Crippen LogP contribution in [0.5, 0.6) is 0 Å². The molecule has 1 aromatic rings. The largest absolute Gasteiger partial charge is 0.359 e. The number of aromatic nitrogens is 2. The van der Waals surface area contributed by atoms with E-state index in [2.05, 4.69) is 35.4 Å². The Hall–Kier alpha value is -0.680. The fraction of sp³-hybridized carbons (Fsp3) is 0.778. The van der Waals surface area contributed by atoms with E-state index in [1.165, 1.54) is 11.5 Å². The van der Waals surface area contributed by atoms with Crippen molar-refractivity contribution in [3.63, 3.8) is 0 Å². The lowest BCUT2D eigenvalue weighted by Crippen LogP contribution is -2.25. The Balaban J connectivity index is 2.60. The normalized spacial score (nSPS) is 14.1. The van der Waals surface area contributed by atoms with Crippen LogP contribution in [0.4, 0.5) is 5.13 Å². The van der Waals surface area contributed by atoms with Gasteiger partial charge in [-0.25, -0.2) is 4.98 Å². The van der Waals surface area contributed by atoms with Crippen LogP contribution in [-0.2, 0) is 5.41 Å². The molecule has 3 N–H and O–H groups in total. The van der Waals surface area contributed by atoms with Gasteiger partial charge in [0.25, 0.3) is 0 Å². The van der Waals surface area contributed by atoms with Crippen LogP contribution in [0.2, 0.25) is 0 Å². The third-order valence-electron chi connectivity index (χ3n) is 1.67. The van der Waals surface area contributed by atoms with Crippen LogP contribution in [0.3, 0.4) is 0 Å². The summed E-state index contributed by atoms with van der Waals surface area (Å²) in [5, 5.41) is 4.01. The molecule has 0 fully saturated rings. The molecule has 5 heteroatoms. The van der Waals surface area contributed by atoms with Crippen molar-refractivity contribution in [1.29, 1.82) is 0 Å². The van der Waals surface area contributed by atoms with E-state index in [-0.39, 0.29) is 11.5 Å². The van der Waals surface area contributed by atoms with Gasteiger partial charge < -0.3 is 11.1 Å². The standard InChI is InChI=1S/C9H18N4S/c1-6(10)5-11-8-12-7(13-14-8)9(2,3)4/h6H,5,10H2,1-4H3,(H,11,12,13). The Bertz CT molecular complexity index is 287. The zero-order valence-corrected chi connectivity index (χ0v) is 9.98. The monoisotopic (exact) mass is 214 g/mol. The zero-order valence-electron chi connectivity index (χ0n) is 9.16. The summed E-state index contributed by atoms with van der Waals surface area (Å²) in [6, 6.07) is 0.136. The van der Waals surface area contributed by atoms with E-state index in [1.54, 1.807) is 0 Å². The molecule has 80 valence electrons. The lowest BCUT2D eigenvalue weighted by molar-refractivity contribution is 0.555. The number of nitrogens with two attached hydrogens (primary N) is 1. The molecule has 0 saturated carbocycles. The summed E-state index contributed by atoms with van der Waals surface area (Å²) in [5.74, 6) is 0.884. The van der Waals surface area contributed by atoms with Crippen LogP contribution in [0.25, 0.3) is 0 Å². The number of hydrogen-bond acceptors (Lipinski definition) is 5. The molecule has 0 bridgehead atoms. The molecule has 1 rings (SSSR count). The molecule has 0 aliphatic heterocycles. The molecule has 0 amide bonds. The maximum absolute atomic E-state index is 5.63. The van der Waals surface area contributed by atoms with Crippen LogP contribution in [0, 0.1) is 0 Å². The van der Waals surface area contributed by atoms with Crippen LogP contribution < -0.4 is 11.1 Å². The lowest BCUT2D eigenvalue weighted by atomic mass is 9.96. The molecule has 0 aliphatic carbocycles. The highest BCUT2D eigenvalue weighted by Gasteiger charge is 2.19. The van der Waals surface area contributed by atoms with Gasteiger partial charge in [-0.05, 0) is 6.92 Å². The van der Waals surface area contributed by atoms with Gasteiger partial charge in [-0.2, -0.15) is 4.37 Å². The van der Waals surface area contributed by atoms with Gasteiger partial charge >= 0.3 is 0 Å². The van der Waals surface area contributed by atoms with Crippen molar-refractivity contribution in [2.24, 2.45) is 5.73 Å². The third-order valence-corrected chi connectivity index (χ3v) is 2.34. The highest BCUT2D eigenvalue weighted by atomic mass is 32.1. The summed E-state index contributed by atoms with van der Waals surface area (Å²) < 4.78 is 4.29. The molecular formula is C9H18N4S. The summed E-state index contributed by atoms with van der Waals surface area (Å²) in [7, 11) is 0. The maximum Gasteiger partial charge on any atom is 0.202 e. The average Bonchev–Trinajstić information content (AvgIpc) is 2.47. The fourth-order valence-electron chi connectivity index (χ4n) is 0.848. The van der Waals surface area contributed by atoms with E-state index in [0.29, 0.717) is 0 Å². The molecule has 4 nitrogen and oxygen atoms in total. The van der Waals surface area contributed by atoms with Gasteiger partial charge in [0.1, 0.15) is 5.82 Å². The van der Waals surface area contributed by atoms with Crippen molar-refractivity contribution in [3.8, 4) is 0 Å². The van der Waals surface area contributed by atoms with Crippen molar-refractivity contribution in [3.05, 3.63) is 5.82 Å². The van der Waals surface area contributed by atoms with E-state index in [0.717, 1.165) is 17.5 Å². The molecule has 14 heavy (non-hydrogen) atoms. The molecule has 0 aromatic carbocycles. The first-order valence-electron chi connectivity index (χ1n) is 4.73. The first kappa shape index (κ1) is 11.4. The quantitative estimate of drug-likeness (QED) is 0.802. The summed E-state index contributed by atoms with van der Waals surface area (Å²) in [6.45, 7) is 9.00. The van der Waals surface area contributed by atoms with Gasteiger partial charge in [-0.1, -0.05) is 20.8 Å². The average molecular weight is 214 g/mol. The van der Waals surface area contributed by atoms with E-state index in [9.17, 15) is 0 Å². The Kier molecular flexibility index (Phi) is 3.44. The van der Waals surface area contributed by atoms with E-state index in [4.69, 9.17) is 5.73 Å². The summed E-state index contributed by atoms with van der Waals surface area (Å²) in [4.78, 5) is 4.39. The van der Waals surface area contributed by atoms with Crippen LogP contribution in [-0.4, -0.2) is 21.9 Å². The number of nitrogens with one attached hydrogen (secondary N) is 1. The Morgan fingerprint density at radius 1 is 1.50 bits per heavy atom. The van der Waals surface area contributed by atoms with Gasteiger partial charge in [-0.3, -0.25) is 0 Å². The molecule has 1 heterocycles. The summed E-state index contributed by atoms with van der Waals surface area (Å²) in [6.07, 6.45) is 0. The Labute approximate surface area is 89.1 Å². The predicted molar refractivity (Wildman–Crippen MR) is 60.7 cm³/mol. The molecule has 1 aromatic heterocycles. The van der Waals surface area contributed by atoms with E-state index in [1.807, 2.05) is 6.92 Å². The summed E-state index contributed by atoms with van der Waals surface area (Å²) in [5.41, 5.74) is 5.65. The smallest absolute Gasteiger partial charge is 0.202 e. The van der Waals surface area contributed by atoms with Crippen LogP contribution >= 0.6 is 11.5 Å². The van der Waals surface area contributed by atoms with E-state index < -0.39 is 0 Å². The van der Waals surface area contributed by atoms with Crippen molar-refractivity contribution in [1.82, 2.24) is 9.36 Å². The minimum absolute atomic E-state index is 0.0186. The van der Waals surface area contributed by atoms with Crippen molar-refractivity contribution < 1.29 is 0 Å². The molecule has 1 unspecified atom stereocenters. The van der Waals surface area contributed by atoms with Gasteiger partial charge in [0, 0.05) is 29.5 Å². The van der Waals surface area contributed by atoms with Crippen molar-refractivity contribution >= 4 is 16.7 Å². The van der Waals surface area contributed by atoms with Gasteiger partial charge in [0.15, 0.2) is 0 Å². The first-order chi connectivity index (χ1) is 6.39. The van der Waals surface area contributed by atoms with E-state index >= 15 is 0 Å². The van der Waals surface area contributed by atoms with Gasteiger partial charge in [-0.15, -0.1) is 0 Å². The second kappa shape index (κ2) is 4.23. The van der Waals surface area contributed by atoms with Gasteiger partial charge in [0.05, 0.1) is 0 Å². The third kappa shape index (κ3) is 3.23. The second-order valence-corrected chi connectivity index (χ2v) is 5.28. The molecule has 0 saturated heterocycles. The highest BCUT2D eigenvalue weighted by molar-refractivity contribution is 7.09. The highest BCUT2D eigenvalue weighted by Crippen LogP contribution is 2.22. The second-order valence-electron chi connectivity index (χ2n) is 4.53. The molecule has 0 spiro atoms. The molecular weight excluding hydrogens is 196 g/mol. The van der Waals surface area contributed by atoms with Gasteiger partial charge in [0.2, 0.25) is 5.13 Å². The number of anilines is 1. The van der Waals surface area contributed by atoms with Crippen LogP contribution in [0.1, 0.15) is 33.5 Å². The fourth-order valence-corrected chi connectivity index (χ4v) is 1.61. The van der Waals surface area contributed by atoms with Crippen molar-refractivity contribution in [2.45, 2.75) is 39.2 Å². The molecule has 1 atom stereocenters. The predicted octanol–water partition coefficient (Wildman–Crippen LogP) is 1.59. The number of rotatable bonds is 3. The lowest BCUT2D eigenvalue weighted by Gasteiger charge is -2.12. The Morgan fingerprint density at radius 2 is 2.14 bits per heavy atom. The topological polar surface area (TPSA) is 63.8 Å². The molecule has 0 radical (unpaired) electrons.